The normalized spacial score (nSPS) is 10.4. The average molecular weight is 394 g/mol. The van der Waals surface area contributed by atoms with Gasteiger partial charge in [-0.25, -0.2) is 4.79 Å². The monoisotopic (exact) mass is 394 g/mol. The lowest BCUT2D eigenvalue weighted by atomic mass is 10.0. The number of ether oxygens (including phenoxy) is 1. The lowest BCUT2D eigenvalue weighted by Crippen LogP contribution is -2.21. The van der Waals surface area contributed by atoms with Gasteiger partial charge in [-0.05, 0) is 24.3 Å². The van der Waals surface area contributed by atoms with Crippen molar-refractivity contribution >= 4 is 39.9 Å². The molecule has 0 aliphatic heterocycles. The summed E-state index contributed by atoms with van der Waals surface area (Å²) in [5, 5.41) is 26.2. The standard InChI is InChI=1S/C21H18N2O6/c1-12(24)22-13-5-4-6-14(9-13)23-19(26)11-29-21(28)17-10-18(25)15-7-2-3-8-16(15)20(17)27/h2-10,25,27H,11H2,1H3,(H,22,24)(H,23,26). The van der Waals surface area contributed by atoms with Crippen LogP contribution in [-0.4, -0.2) is 34.6 Å². The van der Waals surface area contributed by atoms with E-state index in [1.807, 2.05) is 0 Å². The molecule has 0 aromatic heterocycles. The van der Waals surface area contributed by atoms with E-state index in [-0.39, 0.29) is 23.0 Å². The molecular weight excluding hydrogens is 376 g/mol. The molecule has 0 aliphatic carbocycles. The average Bonchev–Trinajstić information content (AvgIpc) is 2.68. The summed E-state index contributed by atoms with van der Waals surface area (Å²) < 4.78 is 4.95. The van der Waals surface area contributed by atoms with Gasteiger partial charge in [0.15, 0.2) is 6.61 Å². The maximum Gasteiger partial charge on any atom is 0.342 e. The number of anilines is 2. The fourth-order valence-corrected chi connectivity index (χ4v) is 2.78. The number of hydrogen-bond donors (Lipinski definition) is 4. The third-order valence-electron chi connectivity index (χ3n) is 4.02. The molecule has 0 saturated heterocycles. The summed E-state index contributed by atoms with van der Waals surface area (Å²) in [4.78, 5) is 35.4. The van der Waals surface area contributed by atoms with Crippen molar-refractivity contribution in [1.82, 2.24) is 0 Å². The minimum atomic E-state index is -0.953. The van der Waals surface area contributed by atoms with Crippen LogP contribution in [0.25, 0.3) is 10.8 Å². The van der Waals surface area contributed by atoms with E-state index in [1.54, 1.807) is 48.5 Å². The van der Waals surface area contributed by atoms with E-state index in [9.17, 15) is 24.6 Å². The Morgan fingerprint density at radius 3 is 2.24 bits per heavy atom. The molecule has 0 bridgehead atoms. The van der Waals surface area contributed by atoms with Gasteiger partial charge in [-0.1, -0.05) is 30.3 Å². The smallest absolute Gasteiger partial charge is 0.342 e. The molecule has 3 rings (SSSR count). The number of phenolic OH excluding ortho intramolecular Hbond substituents is 2. The van der Waals surface area contributed by atoms with Gasteiger partial charge in [-0.3, -0.25) is 9.59 Å². The van der Waals surface area contributed by atoms with Crippen LogP contribution in [0.2, 0.25) is 0 Å². The van der Waals surface area contributed by atoms with Gasteiger partial charge in [0.2, 0.25) is 5.91 Å². The van der Waals surface area contributed by atoms with E-state index in [4.69, 9.17) is 4.74 Å². The first-order valence-corrected chi connectivity index (χ1v) is 8.63. The van der Waals surface area contributed by atoms with Crippen LogP contribution in [0.1, 0.15) is 17.3 Å². The highest BCUT2D eigenvalue weighted by Crippen LogP contribution is 2.35. The van der Waals surface area contributed by atoms with Crippen LogP contribution >= 0.6 is 0 Å². The predicted octanol–water partition coefficient (Wildman–Crippen LogP) is 3.00. The van der Waals surface area contributed by atoms with E-state index < -0.39 is 18.5 Å². The molecule has 0 atom stereocenters. The summed E-state index contributed by atoms with van der Waals surface area (Å²) in [6, 6.07) is 14.0. The Balaban J connectivity index is 1.67. The molecule has 0 radical (unpaired) electrons. The number of rotatable bonds is 5. The highest BCUT2D eigenvalue weighted by atomic mass is 16.5. The third kappa shape index (κ3) is 4.62. The van der Waals surface area contributed by atoms with Crippen molar-refractivity contribution in [2.24, 2.45) is 0 Å². The van der Waals surface area contributed by atoms with Crippen molar-refractivity contribution in [1.29, 1.82) is 0 Å². The largest absolute Gasteiger partial charge is 0.507 e. The lowest BCUT2D eigenvalue weighted by molar-refractivity contribution is -0.119. The summed E-state index contributed by atoms with van der Waals surface area (Å²) in [5.41, 5.74) is 0.661. The second-order valence-corrected chi connectivity index (χ2v) is 6.22. The molecule has 0 heterocycles. The number of carbonyl (C=O) groups excluding carboxylic acids is 3. The van der Waals surface area contributed by atoms with Gasteiger partial charge in [0, 0.05) is 29.1 Å². The Kier molecular flexibility index (Phi) is 5.64. The molecule has 0 spiro atoms. The highest BCUT2D eigenvalue weighted by Gasteiger charge is 2.19. The molecule has 0 saturated carbocycles. The van der Waals surface area contributed by atoms with E-state index in [0.29, 0.717) is 22.1 Å². The minimum absolute atomic E-state index is 0.190. The van der Waals surface area contributed by atoms with Crippen LogP contribution in [-0.2, 0) is 14.3 Å². The van der Waals surface area contributed by atoms with Crippen LogP contribution in [0.3, 0.4) is 0 Å². The van der Waals surface area contributed by atoms with Gasteiger partial charge in [-0.15, -0.1) is 0 Å². The summed E-state index contributed by atoms with van der Waals surface area (Å²) >= 11 is 0. The molecule has 0 aliphatic rings. The Bertz CT molecular complexity index is 1110. The van der Waals surface area contributed by atoms with E-state index in [1.165, 1.54) is 6.92 Å². The Morgan fingerprint density at radius 2 is 1.55 bits per heavy atom. The molecular formula is C21H18N2O6. The van der Waals surface area contributed by atoms with Crippen molar-refractivity contribution in [2.75, 3.05) is 17.2 Å². The van der Waals surface area contributed by atoms with Gasteiger partial charge in [0.05, 0.1) is 0 Å². The van der Waals surface area contributed by atoms with Gasteiger partial charge in [0.1, 0.15) is 17.1 Å². The molecule has 8 heteroatoms. The van der Waals surface area contributed by atoms with Gasteiger partial charge >= 0.3 is 5.97 Å². The van der Waals surface area contributed by atoms with Crippen molar-refractivity contribution in [3.8, 4) is 11.5 Å². The number of fused-ring (bicyclic) bond motifs is 1. The van der Waals surface area contributed by atoms with Gasteiger partial charge in [-0.2, -0.15) is 0 Å². The first-order chi connectivity index (χ1) is 13.8. The zero-order valence-electron chi connectivity index (χ0n) is 15.4. The predicted molar refractivity (Wildman–Crippen MR) is 107 cm³/mol. The van der Waals surface area contributed by atoms with Crippen molar-refractivity contribution in [3.63, 3.8) is 0 Å². The van der Waals surface area contributed by atoms with Gasteiger partial charge in [0.25, 0.3) is 5.91 Å². The fraction of sp³-hybridized carbons (Fsp3) is 0.0952. The Hall–Kier alpha value is -4.07. The van der Waals surface area contributed by atoms with Gasteiger partial charge < -0.3 is 25.6 Å². The SMILES string of the molecule is CC(=O)Nc1cccc(NC(=O)COC(=O)c2cc(O)c3ccccc3c2O)c1. The number of carbonyl (C=O) groups is 3. The van der Waals surface area contributed by atoms with Crippen LogP contribution in [0.15, 0.2) is 54.6 Å². The number of aromatic hydroxyl groups is 2. The molecule has 2 amide bonds. The van der Waals surface area contributed by atoms with Crippen LogP contribution < -0.4 is 10.6 Å². The maximum atomic E-state index is 12.3. The van der Waals surface area contributed by atoms with E-state index in [2.05, 4.69) is 10.6 Å². The topological polar surface area (TPSA) is 125 Å². The number of nitrogens with one attached hydrogen (secondary N) is 2. The Morgan fingerprint density at radius 1 is 0.897 bits per heavy atom. The van der Waals surface area contributed by atoms with E-state index >= 15 is 0 Å². The summed E-state index contributed by atoms with van der Waals surface area (Å²) in [5.74, 6) is -2.34. The molecule has 3 aromatic rings. The minimum Gasteiger partial charge on any atom is -0.507 e. The molecule has 8 nitrogen and oxygen atoms in total. The lowest BCUT2D eigenvalue weighted by Gasteiger charge is -2.11. The van der Waals surface area contributed by atoms with Crippen LogP contribution in [0.4, 0.5) is 11.4 Å². The van der Waals surface area contributed by atoms with Crippen LogP contribution in [0, 0.1) is 0 Å². The third-order valence-corrected chi connectivity index (χ3v) is 4.02. The summed E-state index contributed by atoms with van der Waals surface area (Å²) in [6.07, 6.45) is 0. The second kappa shape index (κ2) is 8.30. The maximum absolute atomic E-state index is 12.3. The molecule has 4 N–H and O–H groups in total. The summed E-state index contributed by atoms with van der Waals surface area (Å²) in [7, 11) is 0. The van der Waals surface area contributed by atoms with Crippen molar-refractivity contribution in [2.45, 2.75) is 6.92 Å². The zero-order chi connectivity index (χ0) is 21.0. The number of esters is 1. The van der Waals surface area contributed by atoms with Crippen molar-refractivity contribution in [3.05, 3.63) is 60.2 Å². The molecule has 148 valence electrons. The highest BCUT2D eigenvalue weighted by molar-refractivity contribution is 6.04. The first kappa shape index (κ1) is 19.7. The summed E-state index contributed by atoms with van der Waals surface area (Å²) in [6.45, 7) is 0.765. The second-order valence-electron chi connectivity index (χ2n) is 6.22. The zero-order valence-corrected chi connectivity index (χ0v) is 15.4. The number of amides is 2. The van der Waals surface area contributed by atoms with Crippen molar-refractivity contribution < 1.29 is 29.3 Å². The molecule has 3 aromatic carbocycles. The van der Waals surface area contributed by atoms with Crippen LogP contribution in [0.5, 0.6) is 11.5 Å². The molecule has 0 fully saturated rings. The molecule has 29 heavy (non-hydrogen) atoms. The number of hydrogen-bond acceptors (Lipinski definition) is 6. The molecule has 0 unspecified atom stereocenters. The number of phenols is 2. The Labute approximate surface area is 165 Å². The fourth-order valence-electron chi connectivity index (χ4n) is 2.78. The first-order valence-electron chi connectivity index (χ1n) is 8.63. The van der Waals surface area contributed by atoms with E-state index in [0.717, 1.165) is 6.07 Å². The number of benzene rings is 3. The quantitative estimate of drug-likeness (QED) is 0.389.